The summed E-state index contributed by atoms with van der Waals surface area (Å²) in [7, 11) is 0. The minimum atomic E-state index is -0.281. The number of carbonyl (C=O) groups excluding carboxylic acids is 1. The van der Waals surface area contributed by atoms with Crippen molar-refractivity contribution in [3.05, 3.63) is 32.7 Å². The lowest BCUT2D eigenvalue weighted by molar-refractivity contribution is -0.118. The van der Waals surface area contributed by atoms with Crippen LogP contribution < -0.4 is 10.1 Å². The second-order valence-corrected chi connectivity index (χ2v) is 6.52. The van der Waals surface area contributed by atoms with E-state index < -0.39 is 0 Å². The first-order valence-electron chi connectivity index (χ1n) is 6.28. The van der Waals surface area contributed by atoms with E-state index in [2.05, 4.69) is 38.4 Å². The van der Waals surface area contributed by atoms with Gasteiger partial charge in [-0.1, -0.05) is 29.9 Å². The van der Waals surface area contributed by atoms with E-state index in [0.29, 0.717) is 20.4 Å². The Labute approximate surface area is 139 Å². The molecule has 112 valence electrons. The molecular weight excluding hydrogens is 378 g/mol. The van der Waals surface area contributed by atoms with Gasteiger partial charge in [0.2, 0.25) is 5.13 Å². The Hall–Kier alpha value is -1.18. The molecule has 0 atom stereocenters. The molecule has 0 bridgehead atoms. The Kier molecular flexibility index (Phi) is 5.96. The fourth-order valence-corrected chi connectivity index (χ4v) is 3.16. The molecule has 2 aromatic rings. The number of benzene rings is 1. The number of aromatic nitrogens is 2. The molecule has 0 saturated carbocycles. The van der Waals surface area contributed by atoms with Crippen molar-refractivity contribution in [2.24, 2.45) is 0 Å². The summed E-state index contributed by atoms with van der Waals surface area (Å²) in [6, 6.07) is 5.10. The Morgan fingerprint density at radius 1 is 1.48 bits per heavy atom. The molecule has 1 aromatic heterocycles. The van der Waals surface area contributed by atoms with Crippen LogP contribution >= 0.6 is 38.9 Å². The van der Waals surface area contributed by atoms with Crippen LogP contribution in [0.1, 0.15) is 18.4 Å². The summed E-state index contributed by atoms with van der Waals surface area (Å²) in [5.41, 5.74) is 0. The van der Waals surface area contributed by atoms with Crippen molar-refractivity contribution in [1.82, 2.24) is 10.2 Å². The third-order valence-electron chi connectivity index (χ3n) is 2.43. The molecule has 0 unspecified atom stereocenters. The van der Waals surface area contributed by atoms with Gasteiger partial charge < -0.3 is 4.74 Å². The van der Waals surface area contributed by atoms with Crippen LogP contribution in [-0.4, -0.2) is 22.7 Å². The molecule has 5 nitrogen and oxygen atoms in total. The van der Waals surface area contributed by atoms with Crippen molar-refractivity contribution in [1.29, 1.82) is 0 Å². The monoisotopic (exact) mass is 389 g/mol. The molecule has 0 fully saturated rings. The molecule has 0 aliphatic heterocycles. The van der Waals surface area contributed by atoms with Gasteiger partial charge in [-0.15, -0.1) is 10.2 Å². The van der Waals surface area contributed by atoms with Gasteiger partial charge >= 0.3 is 0 Å². The summed E-state index contributed by atoms with van der Waals surface area (Å²) in [5, 5.41) is 12.6. The van der Waals surface area contributed by atoms with E-state index in [1.807, 2.05) is 0 Å². The first-order chi connectivity index (χ1) is 10.1. The van der Waals surface area contributed by atoms with Crippen LogP contribution in [0.3, 0.4) is 0 Å². The molecular formula is C13H13BrClN3O2S. The maximum atomic E-state index is 11.8. The number of carbonyl (C=O) groups is 1. The average Bonchev–Trinajstić information content (AvgIpc) is 2.85. The SMILES string of the molecule is CCCc1nnc(NC(=O)COc2ccc(Cl)cc2Br)s1. The lowest BCUT2D eigenvalue weighted by Crippen LogP contribution is -2.20. The molecule has 0 saturated heterocycles. The molecule has 1 heterocycles. The fraction of sp³-hybridized carbons (Fsp3) is 0.308. The third-order valence-corrected chi connectivity index (χ3v) is 4.18. The highest BCUT2D eigenvalue weighted by atomic mass is 79.9. The summed E-state index contributed by atoms with van der Waals surface area (Å²) < 4.78 is 6.12. The van der Waals surface area contributed by atoms with Gasteiger partial charge in [0.25, 0.3) is 5.91 Å². The number of ether oxygens (including phenoxy) is 1. The smallest absolute Gasteiger partial charge is 0.264 e. The van der Waals surface area contributed by atoms with E-state index in [9.17, 15) is 4.79 Å². The largest absolute Gasteiger partial charge is 0.483 e. The standard InChI is InChI=1S/C13H13BrClN3O2S/c1-2-3-12-17-18-13(21-12)16-11(19)7-20-10-5-4-8(15)6-9(10)14/h4-6H,2-3,7H2,1H3,(H,16,18,19). The number of anilines is 1. The molecule has 0 aliphatic rings. The van der Waals surface area contributed by atoms with Crippen LogP contribution in [0.25, 0.3) is 0 Å². The number of amides is 1. The van der Waals surface area contributed by atoms with Crippen molar-refractivity contribution in [3.8, 4) is 5.75 Å². The summed E-state index contributed by atoms with van der Waals surface area (Å²) in [6.07, 6.45) is 1.86. The molecule has 0 aliphatic carbocycles. The summed E-state index contributed by atoms with van der Waals surface area (Å²) in [4.78, 5) is 11.8. The molecule has 8 heteroatoms. The van der Waals surface area contributed by atoms with Gasteiger partial charge in [-0.3, -0.25) is 10.1 Å². The number of nitrogens with one attached hydrogen (secondary N) is 1. The maximum absolute atomic E-state index is 11.8. The lowest BCUT2D eigenvalue weighted by Gasteiger charge is -2.07. The Bertz CT molecular complexity index is 636. The topological polar surface area (TPSA) is 64.1 Å². The second-order valence-electron chi connectivity index (χ2n) is 4.16. The quantitative estimate of drug-likeness (QED) is 0.812. The number of halogens is 2. The highest BCUT2D eigenvalue weighted by molar-refractivity contribution is 9.10. The number of hydrogen-bond donors (Lipinski definition) is 1. The first-order valence-corrected chi connectivity index (χ1v) is 8.27. The van der Waals surface area contributed by atoms with Crippen molar-refractivity contribution >= 4 is 49.9 Å². The van der Waals surface area contributed by atoms with Crippen molar-refractivity contribution in [2.45, 2.75) is 19.8 Å². The number of nitrogens with zero attached hydrogens (tertiary/aromatic N) is 2. The van der Waals surface area contributed by atoms with E-state index in [0.717, 1.165) is 17.8 Å². The zero-order valence-electron chi connectivity index (χ0n) is 11.2. The predicted octanol–water partition coefficient (Wildman–Crippen LogP) is 3.92. The zero-order valence-corrected chi connectivity index (χ0v) is 14.4. The van der Waals surface area contributed by atoms with Gasteiger partial charge in [-0.25, -0.2) is 0 Å². The van der Waals surface area contributed by atoms with Gasteiger partial charge in [0.1, 0.15) is 10.8 Å². The van der Waals surface area contributed by atoms with E-state index in [1.54, 1.807) is 18.2 Å². The van der Waals surface area contributed by atoms with Gasteiger partial charge in [0, 0.05) is 11.4 Å². The van der Waals surface area contributed by atoms with Gasteiger partial charge in [-0.05, 0) is 40.5 Å². The number of aryl methyl sites for hydroxylation is 1. The van der Waals surface area contributed by atoms with Crippen LogP contribution in [0.2, 0.25) is 5.02 Å². The van der Waals surface area contributed by atoms with Gasteiger partial charge in [0.15, 0.2) is 6.61 Å². The van der Waals surface area contributed by atoms with Crippen LogP contribution in [0, 0.1) is 0 Å². The van der Waals surface area contributed by atoms with Crippen molar-refractivity contribution in [2.75, 3.05) is 11.9 Å². The number of rotatable bonds is 6. The Morgan fingerprint density at radius 3 is 3.00 bits per heavy atom. The maximum Gasteiger partial charge on any atom is 0.264 e. The highest BCUT2D eigenvalue weighted by Crippen LogP contribution is 2.27. The van der Waals surface area contributed by atoms with Crippen molar-refractivity contribution in [3.63, 3.8) is 0 Å². The molecule has 1 N–H and O–H groups in total. The Morgan fingerprint density at radius 2 is 2.29 bits per heavy atom. The van der Waals surface area contributed by atoms with Crippen molar-refractivity contribution < 1.29 is 9.53 Å². The first kappa shape index (κ1) is 16.2. The summed E-state index contributed by atoms with van der Waals surface area (Å²) >= 11 is 10.5. The molecule has 1 aromatic carbocycles. The van der Waals surface area contributed by atoms with E-state index in [1.165, 1.54) is 11.3 Å². The summed E-state index contributed by atoms with van der Waals surface area (Å²) in [6.45, 7) is 1.96. The molecule has 0 radical (unpaired) electrons. The fourth-order valence-electron chi connectivity index (χ4n) is 1.51. The molecule has 2 rings (SSSR count). The molecule has 1 amide bonds. The predicted molar refractivity (Wildman–Crippen MR) is 87.2 cm³/mol. The second kappa shape index (κ2) is 7.72. The van der Waals surface area contributed by atoms with E-state index in [-0.39, 0.29) is 12.5 Å². The summed E-state index contributed by atoms with van der Waals surface area (Å²) in [5.74, 6) is 0.273. The van der Waals surface area contributed by atoms with E-state index in [4.69, 9.17) is 16.3 Å². The number of hydrogen-bond acceptors (Lipinski definition) is 5. The Balaban J connectivity index is 1.86. The molecule has 0 spiro atoms. The highest BCUT2D eigenvalue weighted by Gasteiger charge is 2.10. The van der Waals surface area contributed by atoms with Crippen LogP contribution in [0.4, 0.5) is 5.13 Å². The molecule has 21 heavy (non-hydrogen) atoms. The van der Waals surface area contributed by atoms with E-state index >= 15 is 0 Å². The van der Waals surface area contributed by atoms with Gasteiger partial charge in [0.05, 0.1) is 4.47 Å². The van der Waals surface area contributed by atoms with Crippen LogP contribution in [0.15, 0.2) is 22.7 Å². The normalized spacial score (nSPS) is 10.4. The zero-order chi connectivity index (χ0) is 15.2. The lowest BCUT2D eigenvalue weighted by atomic mass is 10.3. The van der Waals surface area contributed by atoms with Crippen LogP contribution in [-0.2, 0) is 11.2 Å². The minimum absolute atomic E-state index is 0.108. The van der Waals surface area contributed by atoms with Gasteiger partial charge in [-0.2, -0.15) is 0 Å². The third kappa shape index (κ3) is 4.94. The average molecular weight is 391 g/mol. The minimum Gasteiger partial charge on any atom is -0.483 e. The van der Waals surface area contributed by atoms with Crippen LogP contribution in [0.5, 0.6) is 5.75 Å².